The van der Waals surface area contributed by atoms with Crippen molar-refractivity contribution < 1.29 is 18.3 Å². The third-order valence-electron chi connectivity index (χ3n) is 5.26. The van der Waals surface area contributed by atoms with Gasteiger partial charge in [0.1, 0.15) is 22.9 Å². The molecule has 0 fully saturated rings. The number of carbonyl (C=O) groups excluding carboxylic acids is 1. The molecule has 1 aliphatic rings. The summed E-state index contributed by atoms with van der Waals surface area (Å²) in [5.41, 5.74) is 0.115. The lowest BCUT2D eigenvalue weighted by molar-refractivity contribution is 0.102. The Kier molecular flexibility index (Phi) is 6.19. The molecule has 5 rings (SSSR count). The minimum absolute atomic E-state index is 0.0151. The van der Waals surface area contributed by atoms with Crippen molar-refractivity contribution in [3.05, 3.63) is 94.5 Å². The van der Waals surface area contributed by atoms with Crippen LogP contribution in [0.4, 0.5) is 20.3 Å². The molecule has 0 saturated carbocycles. The average molecular weight is 493 g/mol. The maximum absolute atomic E-state index is 14.8. The molecule has 0 spiro atoms. The third kappa shape index (κ3) is 4.73. The number of amides is 1. The molecular formula is C25H18F2N4O3S. The van der Waals surface area contributed by atoms with E-state index in [1.165, 1.54) is 48.8 Å². The number of rotatable bonds is 5. The molecule has 7 nitrogen and oxygen atoms in total. The molecule has 0 aliphatic carbocycles. The van der Waals surface area contributed by atoms with Crippen LogP contribution in [0.2, 0.25) is 0 Å². The summed E-state index contributed by atoms with van der Waals surface area (Å²) in [7, 11) is 0. The fourth-order valence-electron chi connectivity index (χ4n) is 3.57. The summed E-state index contributed by atoms with van der Waals surface area (Å²) in [5.74, 6) is 0.156. The Morgan fingerprint density at radius 2 is 1.89 bits per heavy atom. The highest BCUT2D eigenvalue weighted by atomic mass is 32.2. The minimum atomic E-state index is -0.714. The van der Waals surface area contributed by atoms with Crippen molar-refractivity contribution in [2.75, 3.05) is 22.9 Å². The number of anilines is 2. The number of thioether (sulfide) groups is 1. The predicted octanol–water partition coefficient (Wildman–Crippen LogP) is 5.28. The van der Waals surface area contributed by atoms with Crippen molar-refractivity contribution in [2.45, 2.75) is 4.90 Å². The van der Waals surface area contributed by atoms with Crippen LogP contribution < -0.4 is 20.8 Å². The smallest absolute Gasteiger partial charge is 0.261 e. The number of carbonyl (C=O) groups is 1. The van der Waals surface area contributed by atoms with Gasteiger partial charge in [0.05, 0.1) is 4.90 Å². The first-order valence-electron chi connectivity index (χ1n) is 10.6. The van der Waals surface area contributed by atoms with Gasteiger partial charge in [-0.25, -0.2) is 13.8 Å². The molecule has 35 heavy (non-hydrogen) atoms. The van der Waals surface area contributed by atoms with E-state index in [0.29, 0.717) is 17.1 Å². The Hall–Kier alpha value is -4.18. The number of pyridine rings is 2. The summed E-state index contributed by atoms with van der Waals surface area (Å²) in [4.78, 5) is 33.4. The monoisotopic (exact) mass is 492 g/mol. The zero-order valence-electron chi connectivity index (χ0n) is 18.1. The second-order valence-corrected chi connectivity index (χ2v) is 8.69. The van der Waals surface area contributed by atoms with E-state index in [1.807, 2.05) is 0 Å². The molecule has 2 aromatic carbocycles. The van der Waals surface area contributed by atoms with Crippen LogP contribution in [0.15, 0.2) is 76.8 Å². The zero-order chi connectivity index (χ0) is 24.4. The number of aromatic amines is 1. The van der Waals surface area contributed by atoms with Gasteiger partial charge in [-0.2, -0.15) is 0 Å². The van der Waals surface area contributed by atoms with Gasteiger partial charge in [0.15, 0.2) is 11.6 Å². The number of fused-ring (bicyclic) bond motifs is 1. The molecule has 176 valence electrons. The van der Waals surface area contributed by atoms with E-state index < -0.39 is 23.0 Å². The van der Waals surface area contributed by atoms with Crippen LogP contribution in [-0.4, -0.2) is 28.2 Å². The minimum Gasteiger partial charge on any atom is -0.453 e. The standard InChI is InChI=1S/C25H18F2N4O3S/c26-15-3-1-14(2-4-15)17-12-28-13-18(22(17)32)25(33)31-16-5-6-20(19(27)11-16)34-21-7-8-29-24-23(21)35-10-9-30-24/h1-8,11-13H,9-10H2,(H,28,32)(H,29,30)(H,31,33). The molecule has 0 unspecified atom stereocenters. The lowest BCUT2D eigenvalue weighted by Gasteiger charge is -2.19. The van der Waals surface area contributed by atoms with Crippen LogP contribution in [-0.2, 0) is 0 Å². The molecule has 0 radical (unpaired) electrons. The fraction of sp³-hybridized carbons (Fsp3) is 0.0800. The van der Waals surface area contributed by atoms with Crippen LogP contribution in [0.25, 0.3) is 11.1 Å². The maximum atomic E-state index is 14.8. The van der Waals surface area contributed by atoms with E-state index in [0.717, 1.165) is 23.3 Å². The summed E-state index contributed by atoms with van der Waals surface area (Å²) < 4.78 is 33.8. The number of ether oxygens (including phenoxy) is 1. The van der Waals surface area contributed by atoms with Crippen molar-refractivity contribution in [1.29, 1.82) is 0 Å². The Morgan fingerprint density at radius 3 is 2.69 bits per heavy atom. The van der Waals surface area contributed by atoms with Crippen molar-refractivity contribution in [1.82, 2.24) is 9.97 Å². The molecule has 0 saturated heterocycles. The van der Waals surface area contributed by atoms with Crippen LogP contribution in [0.1, 0.15) is 10.4 Å². The lowest BCUT2D eigenvalue weighted by Crippen LogP contribution is -2.22. The number of nitrogens with one attached hydrogen (secondary N) is 3. The van der Waals surface area contributed by atoms with Gasteiger partial charge in [0, 0.05) is 54.3 Å². The average Bonchev–Trinajstić information content (AvgIpc) is 2.86. The van der Waals surface area contributed by atoms with E-state index in [4.69, 9.17) is 4.74 Å². The first kappa shape index (κ1) is 22.6. The third-order valence-corrected chi connectivity index (χ3v) is 6.35. The zero-order valence-corrected chi connectivity index (χ0v) is 18.9. The Bertz CT molecular complexity index is 1470. The molecule has 3 N–H and O–H groups in total. The summed E-state index contributed by atoms with van der Waals surface area (Å²) in [6, 6.07) is 11.0. The van der Waals surface area contributed by atoms with Gasteiger partial charge >= 0.3 is 0 Å². The van der Waals surface area contributed by atoms with Gasteiger partial charge < -0.3 is 20.4 Å². The van der Waals surface area contributed by atoms with Gasteiger partial charge in [0.2, 0.25) is 5.43 Å². The van der Waals surface area contributed by atoms with Crippen LogP contribution in [0.5, 0.6) is 11.5 Å². The van der Waals surface area contributed by atoms with E-state index >= 15 is 0 Å². The number of hydrogen-bond acceptors (Lipinski definition) is 6. The van der Waals surface area contributed by atoms with E-state index in [-0.39, 0.29) is 22.6 Å². The Morgan fingerprint density at radius 1 is 1.06 bits per heavy atom. The molecule has 3 heterocycles. The highest BCUT2D eigenvalue weighted by Gasteiger charge is 2.19. The molecule has 1 amide bonds. The van der Waals surface area contributed by atoms with Gasteiger partial charge in [-0.3, -0.25) is 9.59 Å². The highest BCUT2D eigenvalue weighted by molar-refractivity contribution is 7.99. The molecule has 2 aromatic heterocycles. The molecule has 1 aliphatic heterocycles. The van der Waals surface area contributed by atoms with Gasteiger partial charge in [-0.1, -0.05) is 12.1 Å². The summed E-state index contributed by atoms with van der Waals surface area (Å²) >= 11 is 1.57. The normalized spacial score (nSPS) is 12.4. The van der Waals surface area contributed by atoms with Crippen molar-refractivity contribution in [2.24, 2.45) is 0 Å². The molecule has 4 aromatic rings. The molecule has 0 atom stereocenters. The number of H-pyrrole nitrogens is 1. The van der Waals surface area contributed by atoms with E-state index in [1.54, 1.807) is 24.0 Å². The van der Waals surface area contributed by atoms with E-state index in [2.05, 4.69) is 20.6 Å². The quantitative estimate of drug-likeness (QED) is 0.351. The number of halogens is 2. The van der Waals surface area contributed by atoms with E-state index in [9.17, 15) is 18.4 Å². The molecule has 10 heteroatoms. The van der Waals surface area contributed by atoms with Crippen LogP contribution >= 0.6 is 11.8 Å². The maximum Gasteiger partial charge on any atom is 0.261 e. The number of benzene rings is 2. The van der Waals surface area contributed by atoms with Gasteiger partial charge in [-0.05, 0) is 29.8 Å². The van der Waals surface area contributed by atoms with Crippen LogP contribution in [0.3, 0.4) is 0 Å². The van der Waals surface area contributed by atoms with Crippen molar-refractivity contribution in [3.8, 4) is 22.6 Å². The predicted molar refractivity (Wildman–Crippen MR) is 130 cm³/mol. The van der Waals surface area contributed by atoms with Crippen molar-refractivity contribution >= 4 is 29.2 Å². The second kappa shape index (κ2) is 9.59. The second-order valence-electron chi connectivity index (χ2n) is 7.58. The first-order valence-corrected chi connectivity index (χ1v) is 11.6. The summed E-state index contributed by atoms with van der Waals surface area (Å²) in [6.07, 6.45) is 4.28. The molecular weight excluding hydrogens is 474 g/mol. The summed E-state index contributed by atoms with van der Waals surface area (Å²) in [5, 5.41) is 5.70. The summed E-state index contributed by atoms with van der Waals surface area (Å²) in [6.45, 7) is 0.784. The lowest BCUT2D eigenvalue weighted by atomic mass is 10.0. The Labute approximate surface area is 202 Å². The van der Waals surface area contributed by atoms with Crippen LogP contribution in [0, 0.1) is 11.6 Å². The number of aromatic nitrogens is 2. The van der Waals surface area contributed by atoms with Gasteiger partial charge in [0.25, 0.3) is 5.91 Å². The largest absolute Gasteiger partial charge is 0.453 e. The van der Waals surface area contributed by atoms with Crippen molar-refractivity contribution in [3.63, 3.8) is 0 Å². The van der Waals surface area contributed by atoms with Gasteiger partial charge in [-0.15, -0.1) is 11.8 Å². The highest BCUT2D eigenvalue weighted by Crippen LogP contribution is 2.39. The SMILES string of the molecule is O=C(Nc1ccc(Oc2ccnc3c2SCCN3)c(F)c1)c1c[nH]cc(-c2ccc(F)cc2)c1=O. The number of nitrogens with zero attached hydrogens (tertiary/aromatic N) is 1. The first-order chi connectivity index (χ1) is 17.0. The number of hydrogen-bond donors (Lipinski definition) is 3. The fourth-order valence-corrected chi connectivity index (χ4v) is 4.50. The topological polar surface area (TPSA) is 96.1 Å². The Balaban J connectivity index is 1.35. The molecule has 0 bridgehead atoms.